The molecule has 0 fully saturated rings. The van der Waals surface area contributed by atoms with Gasteiger partial charge in [0.1, 0.15) is 5.75 Å². The van der Waals surface area contributed by atoms with Crippen LogP contribution in [0, 0.1) is 6.92 Å². The number of halogens is 1. The third kappa shape index (κ3) is 5.71. The largest absolute Gasteiger partial charge is 0.481 e. The van der Waals surface area contributed by atoms with E-state index in [1.54, 1.807) is 30.3 Å². The van der Waals surface area contributed by atoms with Crippen LogP contribution in [0.4, 0.5) is 0 Å². The number of hydrogen-bond acceptors (Lipinski definition) is 4. The van der Waals surface area contributed by atoms with Crippen LogP contribution < -0.4 is 10.1 Å². The second-order valence-corrected chi connectivity index (χ2v) is 8.92. The minimum absolute atomic E-state index is 0.232. The van der Waals surface area contributed by atoms with E-state index in [0.29, 0.717) is 17.2 Å². The Hall–Kier alpha value is -2.05. The van der Waals surface area contributed by atoms with Gasteiger partial charge in [-0.3, -0.25) is 4.79 Å². The zero-order chi connectivity index (χ0) is 20.2. The van der Waals surface area contributed by atoms with Gasteiger partial charge in [0.15, 0.2) is 15.9 Å². The number of nitrogens with one attached hydrogen (secondary N) is 1. The smallest absolute Gasteiger partial charge is 0.261 e. The Kier molecular flexibility index (Phi) is 6.89. The molecule has 1 amide bonds. The number of carbonyl (C=O) groups is 1. The Morgan fingerprint density at radius 3 is 2.33 bits per heavy atom. The zero-order valence-electron chi connectivity index (χ0n) is 15.8. The van der Waals surface area contributed by atoms with E-state index in [-0.39, 0.29) is 16.8 Å². The molecule has 0 aliphatic carbocycles. The molecule has 5 nitrogen and oxygen atoms in total. The van der Waals surface area contributed by atoms with E-state index < -0.39 is 15.9 Å². The number of carbonyl (C=O) groups excluding carboxylic acids is 1. The van der Waals surface area contributed by atoms with Crippen molar-refractivity contribution in [2.75, 3.05) is 6.26 Å². The SMILES string of the molecule is CCC(Oc1ccc(Cl)c(C)c1)C(=O)NC(C)c1ccc(S(C)(=O)=O)cc1. The third-order valence-corrected chi connectivity index (χ3v) is 5.79. The van der Waals surface area contributed by atoms with E-state index in [9.17, 15) is 13.2 Å². The highest BCUT2D eigenvalue weighted by Gasteiger charge is 2.21. The zero-order valence-corrected chi connectivity index (χ0v) is 17.4. The van der Waals surface area contributed by atoms with Gasteiger partial charge >= 0.3 is 0 Å². The van der Waals surface area contributed by atoms with Crippen molar-refractivity contribution >= 4 is 27.3 Å². The Morgan fingerprint density at radius 2 is 1.81 bits per heavy atom. The summed E-state index contributed by atoms with van der Waals surface area (Å²) < 4.78 is 28.9. The van der Waals surface area contributed by atoms with Crippen LogP contribution in [0.15, 0.2) is 47.4 Å². The van der Waals surface area contributed by atoms with Gasteiger partial charge in [-0.2, -0.15) is 0 Å². The first-order valence-corrected chi connectivity index (χ1v) is 10.9. The number of ether oxygens (including phenoxy) is 1. The molecule has 2 unspecified atom stereocenters. The normalized spacial score (nSPS) is 13.7. The van der Waals surface area contributed by atoms with E-state index in [4.69, 9.17) is 16.3 Å². The molecule has 0 aromatic heterocycles. The van der Waals surface area contributed by atoms with Crippen molar-refractivity contribution in [1.82, 2.24) is 5.32 Å². The van der Waals surface area contributed by atoms with Crippen molar-refractivity contribution in [1.29, 1.82) is 0 Å². The van der Waals surface area contributed by atoms with E-state index in [1.807, 2.05) is 20.8 Å². The van der Waals surface area contributed by atoms with E-state index in [1.165, 1.54) is 12.1 Å². The standard InChI is InChI=1S/C20H24ClNO4S/c1-5-19(26-16-8-11-18(21)13(2)12-16)20(23)22-14(3)15-6-9-17(10-7-15)27(4,24)25/h6-12,14,19H,5H2,1-4H3,(H,22,23). The summed E-state index contributed by atoms with van der Waals surface area (Å²) >= 11 is 6.02. The van der Waals surface area contributed by atoms with Crippen LogP contribution in [-0.2, 0) is 14.6 Å². The maximum atomic E-state index is 12.6. The molecule has 7 heteroatoms. The van der Waals surface area contributed by atoms with Gasteiger partial charge in [0, 0.05) is 11.3 Å². The lowest BCUT2D eigenvalue weighted by atomic mass is 10.1. The highest BCUT2D eigenvalue weighted by molar-refractivity contribution is 7.90. The molecule has 27 heavy (non-hydrogen) atoms. The minimum Gasteiger partial charge on any atom is -0.481 e. The summed E-state index contributed by atoms with van der Waals surface area (Å²) in [6, 6.07) is 11.5. The predicted molar refractivity (Wildman–Crippen MR) is 107 cm³/mol. The van der Waals surface area contributed by atoms with Crippen molar-refractivity contribution in [3.05, 3.63) is 58.6 Å². The second kappa shape index (κ2) is 8.76. The lowest BCUT2D eigenvalue weighted by Gasteiger charge is -2.21. The first kappa shape index (κ1) is 21.3. The number of benzene rings is 2. The van der Waals surface area contributed by atoms with Gasteiger partial charge in [-0.1, -0.05) is 30.7 Å². The van der Waals surface area contributed by atoms with E-state index in [2.05, 4.69) is 5.32 Å². The average molecular weight is 410 g/mol. The predicted octanol–water partition coefficient (Wildman–Crippen LogP) is 4.09. The van der Waals surface area contributed by atoms with E-state index in [0.717, 1.165) is 17.4 Å². The Labute approximate surface area is 165 Å². The maximum absolute atomic E-state index is 12.6. The molecular weight excluding hydrogens is 386 g/mol. The molecule has 2 atom stereocenters. The second-order valence-electron chi connectivity index (χ2n) is 6.50. The fourth-order valence-corrected chi connectivity index (χ4v) is 3.32. The molecule has 1 N–H and O–H groups in total. The van der Waals surface area contributed by atoms with Crippen LogP contribution in [0.3, 0.4) is 0 Å². The van der Waals surface area contributed by atoms with Crippen LogP contribution in [-0.4, -0.2) is 26.7 Å². The van der Waals surface area contributed by atoms with Crippen LogP contribution in [0.5, 0.6) is 5.75 Å². The molecule has 0 bridgehead atoms. The summed E-state index contributed by atoms with van der Waals surface area (Å²) in [6.45, 7) is 5.59. The highest BCUT2D eigenvalue weighted by atomic mass is 35.5. The van der Waals surface area contributed by atoms with Crippen molar-refractivity contribution in [3.8, 4) is 5.75 Å². The molecule has 0 heterocycles. The molecule has 0 saturated carbocycles. The van der Waals surface area contributed by atoms with Gasteiger partial charge < -0.3 is 10.1 Å². The molecular formula is C20H24ClNO4S. The van der Waals surface area contributed by atoms with Gasteiger partial charge in [0.05, 0.1) is 10.9 Å². The summed E-state index contributed by atoms with van der Waals surface area (Å²) in [5.74, 6) is 0.355. The van der Waals surface area contributed by atoms with Crippen molar-refractivity contribution < 1.29 is 17.9 Å². The van der Waals surface area contributed by atoms with Crippen LogP contribution in [0.2, 0.25) is 5.02 Å². The van der Waals surface area contributed by atoms with Gasteiger partial charge in [-0.15, -0.1) is 0 Å². The molecule has 0 spiro atoms. The summed E-state index contributed by atoms with van der Waals surface area (Å²) in [5, 5.41) is 3.56. The fraction of sp³-hybridized carbons (Fsp3) is 0.350. The molecule has 0 aliphatic rings. The minimum atomic E-state index is -3.24. The molecule has 0 saturated heterocycles. The molecule has 2 aromatic rings. The third-order valence-electron chi connectivity index (χ3n) is 4.24. The van der Waals surface area contributed by atoms with Crippen LogP contribution >= 0.6 is 11.6 Å². The number of aryl methyl sites for hydroxylation is 1. The summed E-state index contributed by atoms with van der Waals surface area (Å²) in [5.41, 5.74) is 1.69. The van der Waals surface area contributed by atoms with Gasteiger partial charge in [0.25, 0.3) is 5.91 Å². The molecule has 146 valence electrons. The molecule has 2 aromatic carbocycles. The molecule has 0 radical (unpaired) electrons. The van der Waals surface area contributed by atoms with Crippen LogP contribution in [0.1, 0.15) is 37.4 Å². The van der Waals surface area contributed by atoms with Gasteiger partial charge in [0.2, 0.25) is 0 Å². The highest BCUT2D eigenvalue weighted by Crippen LogP contribution is 2.23. The van der Waals surface area contributed by atoms with Crippen molar-refractivity contribution in [2.45, 2.75) is 44.2 Å². The summed E-state index contributed by atoms with van der Waals surface area (Å²) in [6.07, 6.45) is 1.03. The first-order chi connectivity index (χ1) is 12.6. The van der Waals surface area contributed by atoms with Gasteiger partial charge in [-0.05, 0) is 61.7 Å². The number of amides is 1. The maximum Gasteiger partial charge on any atom is 0.261 e. The quantitative estimate of drug-likeness (QED) is 0.747. The molecule has 0 aliphatic heterocycles. The Morgan fingerprint density at radius 1 is 1.19 bits per heavy atom. The fourth-order valence-electron chi connectivity index (χ4n) is 2.57. The lowest BCUT2D eigenvalue weighted by molar-refractivity contribution is -0.128. The Bertz CT molecular complexity index is 910. The monoisotopic (exact) mass is 409 g/mol. The number of sulfone groups is 1. The topological polar surface area (TPSA) is 72.5 Å². The Balaban J connectivity index is 2.05. The lowest BCUT2D eigenvalue weighted by Crippen LogP contribution is -2.39. The number of rotatable bonds is 7. The van der Waals surface area contributed by atoms with Gasteiger partial charge in [-0.25, -0.2) is 8.42 Å². The first-order valence-electron chi connectivity index (χ1n) is 8.65. The molecule has 2 rings (SSSR count). The number of hydrogen-bond donors (Lipinski definition) is 1. The van der Waals surface area contributed by atoms with Crippen molar-refractivity contribution in [2.24, 2.45) is 0 Å². The summed E-state index contributed by atoms with van der Waals surface area (Å²) in [7, 11) is -3.24. The van der Waals surface area contributed by atoms with E-state index >= 15 is 0 Å². The van der Waals surface area contributed by atoms with Crippen molar-refractivity contribution in [3.63, 3.8) is 0 Å². The summed E-state index contributed by atoms with van der Waals surface area (Å²) in [4.78, 5) is 12.8. The van der Waals surface area contributed by atoms with Crippen LogP contribution in [0.25, 0.3) is 0 Å². The average Bonchev–Trinajstić information content (AvgIpc) is 2.61.